The highest BCUT2D eigenvalue weighted by Gasteiger charge is 2.32. The molecule has 1 unspecified atom stereocenters. The molecule has 1 atom stereocenters. The Bertz CT molecular complexity index is 528. The Morgan fingerprint density at radius 1 is 1.32 bits per heavy atom. The summed E-state index contributed by atoms with van der Waals surface area (Å²) in [5.41, 5.74) is 0.378. The molecular formula is C13H15N3O3. The van der Waals surface area contributed by atoms with Crippen LogP contribution < -0.4 is 0 Å². The summed E-state index contributed by atoms with van der Waals surface area (Å²) in [5, 5.41) is 8.94. The monoisotopic (exact) mass is 261 g/mol. The van der Waals surface area contributed by atoms with Crippen LogP contribution >= 0.6 is 0 Å². The van der Waals surface area contributed by atoms with E-state index in [2.05, 4.69) is 9.97 Å². The van der Waals surface area contributed by atoms with Gasteiger partial charge in [-0.1, -0.05) is 0 Å². The number of carboxylic acids is 1. The second kappa shape index (κ2) is 4.60. The fourth-order valence-electron chi connectivity index (χ4n) is 2.34. The summed E-state index contributed by atoms with van der Waals surface area (Å²) in [4.78, 5) is 33.2. The van der Waals surface area contributed by atoms with Gasteiger partial charge in [-0.05, 0) is 25.3 Å². The van der Waals surface area contributed by atoms with Crippen LogP contribution in [0.1, 0.15) is 41.5 Å². The van der Waals surface area contributed by atoms with Crippen LogP contribution in [-0.2, 0) is 4.79 Å². The Morgan fingerprint density at radius 3 is 2.74 bits per heavy atom. The summed E-state index contributed by atoms with van der Waals surface area (Å²) in [6.45, 7) is 0.759. The van der Waals surface area contributed by atoms with Gasteiger partial charge in [-0.25, -0.2) is 9.97 Å². The van der Waals surface area contributed by atoms with Gasteiger partial charge in [-0.15, -0.1) is 0 Å². The van der Waals surface area contributed by atoms with Crippen molar-refractivity contribution in [2.24, 2.45) is 5.92 Å². The van der Waals surface area contributed by atoms with Gasteiger partial charge in [0.15, 0.2) is 0 Å². The summed E-state index contributed by atoms with van der Waals surface area (Å²) < 4.78 is 0. The third-order valence-corrected chi connectivity index (χ3v) is 3.66. The summed E-state index contributed by atoms with van der Waals surface area (Å²) in [7, 11) is 0. The van der Waals surface area contributed by atoms with Crippen molar-refractivity contribution in [3.05, 3.63) is 23.8 Å². The van der Waals surface area contributed by atoms with Crippen LogP contribution in [0.25, 0.3) is 0 Å². The topological polar surface area (TPSA) is 83.4 Å². The number of likely N-dealkylation sites (tertiary alicyclic amines) is 1. The molecule has 1 aliphatic heterocycles. The van der Waals surface area contributed by atoms with E-state index in [4.69, 9.17) is 5.11 Å². The molecule has 2 heterocycles. The molecule has 6 nitrogen and oxygen atoms in total. The van der Waals surface area contributed by atoms with Crippen molar-refractivity contribution in [2.45, 2.75) is 25.2 Å². The van der Waals surface area contributed by atoms with Crippen LogP contribution in [0, 0.1) is 5.92 Å². The molecule has 0 aromatic carbocycles. The zero-order chi connectivity index (χ0) is 13.4. The smallest absolute Gasteiger partial charge is 0.308 e. The van der Waals surface area contributed by atoms with E-state index in [9.17, 15) is 9.59 Å². The number of amides is 1. The van der Waals surface area contributed by atoms with Gasteiger partial charge in [0.2, 0.25) is 0 Å². The quantitative estimate of drug-likeness (QED) is 0.874. The first-order valence-corrected chi connectivity index (χ1v) is 6.50. The molecule has 0 bridgehead atoms. The molecule has 0 radical (unpaired) electrons. The molecule has 3 rings (SSSR count). The Hall–Kier alpha value is -1.98. The summed E-state index contributed by atoms with van der Waals surface area (Å²) >= 11 is 0. The predicted molar refractivity (Wildman–Crippen MR) is 65.7 cm³/mol. The second-order valence-corrected chi connectivity index (χ2v) is 5.15. The lowest BCUT2D eigenvalue weighted by atomic mass is 10.1. The van der Waals surface area contributed by atoms with E-state index in [1.165, 1.54) is 0 Å². The number of rotatable bonds is 3. The molecule has 2 aliphatic rings. The van der Waals surface area contributed by atoms with E-state index >= 15 is 0 Å². The van der Waals surface area contributed by atoms with Crippen molar-refractivity contribution < 1.29 is 14.7 Å². The van der Waals surface area contributed by atoms with E-state index in [1.54, 1.807) is 17.2 Å². The van der Waals surface area contributed by atoms with Crippen molar-refractivity contribution in [3.63, 3.8) is 0 Å². The zero-order valence-corrected chi connectivity index (χ0v) is 10.5. The maximum Gasteiger partial charge on any atom is 0.308 e. The minimum Gasteiger partial charge on any atom is -0.481 e. The predicted octanol–water partition coefficient (Wildman–Crippen LogP) is 0.901. The van der Waals surface area contributed by atoms with E-state index in [-0.39, 0.29) is 12.5 Å². The highest BCUT2D eigenvalue weighted by Crippen LogP contribution is 2.37. The number of aromatic nitrogens is 2. The van der Waals surface area contributed by atoms with Crippen LogP contribution in [-0.4, -0.2) is 44.9 Å². The fourth-order valence-corrected chi connectivity index (χ4v) is 2.34. The summed E-state index contributed by atoms with van der Waals surface area (Å²) in [5.74, 6) is -0.337. The van der Waals surface area contributed by atoms with Crippen molar-refractivity contribution in [1.29, 1.82) is 0 Å². The molecule has 1 saturated carbocycles. The number of nitrogens with zero attached hydrogens (tertiary/aromatic N) is 3. The summed E-state index contributed by atoms with van der Waals surface area (Å²) in [6, 6.07) is 1.60. The zero-order valence-electron chi connectivity index (χ0n) is 10.5. The normalized spacial score (nSPS) is 22.5. The Morgan fingerprint density at radius 2 is 2.11 bits per heavy atom. The van der Waals surface area contributed by atoms with E-state index in [0.29, 0.717) is 24.6 Å². The first-order chi connectivity index (χ1) is 9.15. The number of hydrogen-bond acceptors (Lipinski definition) is 4. The number of carbonyl (C=O) groups excluding carboxylic acids is 1. The highest BCUT2D eigenvalue weighted by atomic mass is 16.4. The standard InChI is InChI=1S/C13H15N3O3/c17-12(16-6-4-9(7-16)13(18)19)10-3-5-14-11(15-10)8-1-2-8/h3,5,8-9H,1-2,4,6-7H2,(H,18,19). The summed E-state index contributed by atoms with van der Waals surface area (Å²) in [6.07, 6.45) is 4.30. The molecule has 1 aromatic rings. The molecular weight excluding hydrogens is 246 g/mol. The molecule has 6 heteroatoms. The molecule has 2 fully saturated rings. The van der Waals surface area contributed by atoms with E-state index in [1.807, 2.05) is 0 Å². The molecule has 1 saturated heterocycles. The van der Waals surface area contributed by atoms with E-state index in [0.717, 1.165) is 18.7 Å². The molecule has 1 aromatic heterocycles. The number of hydrogen-bond donors (Lipinski definition) is 1. The molecule has 1 aliphatic carbocycles. The average Bonchev–Trinajstić information content (AvgIpc) is 3.15. The van der Waals surface area contributed by atoms with Crippen molar-refractivity contribution in [3.8, 4) is 0 Å². The Balaban J connectivity index is 1.73. The number of carboxylic acid groups (broad SMARTS) is 1. The molecule has 100 valence electrons. The molecule has 1 amide bonds. The Labute approximate surface area is 110 Å². The van der Waals surface area contributed by atoms with E-state index < -0.39 is 11.9 Å². The Kier molecular flexibility index (Phi) is 2.93. The van der Waals surface area contributed by atoms with Gasteiger partial charge in [-0.2, -0.15) is 0 Å². The van der Waals surface area contributed by atoms with Crippen LogP contribution in [0.2, 0.25) is 0 Å². The highest BCUT2D eigenvalue weighted by molar-refractivity contribution is 5.92. The molecule has 1 N–H and O–H groups in total. The number of aliphatic carboxylic acids is 1. The van der Waals surface area contributed by atoms with Crippen LogP contribution in [0.15, 0.2) is 12.3 Å². The third-order valence-electron chi connectivity index (χ3n) is 3.66. The van der Waals surface area contributed by atoms with Crippen LogP contribution in [0.3, 0.4) is 0 Å². The molecule has 19 heavy (non-hydrogen) atoms. The van der Waals surface area contributed by atoms with Gasteiger partial charge in [0.05, 0.1) is 5.92 Å². The molecule has 0 spiro atoms. The maximum absolute atomic E-state index is 12.3. The van der Waals surface area contributed by atoms with Gasteiger partial charge in [0.25, 0.3) is 5.91 Å². The van der Waals surface area contributed by atoms with Gasteiger partial charge < -0.3 is 10.0 Å². The minimum absolute atomic E-state index is 0.187. The fraction of sp³-hybridized carbons (Fsp3) is 0.538. The minimum atomic E-state index is -0.836. The SMILES string of the molecule is O=C(O)C1CCN(C(=O)c2ccnc(C3CC3)n2)C1. The average molecular weight is 261 g/mol. The van der Waals surface area contributed by atoms with Crippen molar-refractivity contribution >= 4 is 11.9 Å². The van der Waals surface area contributed by atoms with Gasteiger partial charge in [-0.3, -0.25) is 9.59 Å². The third kappa shape index (κ3) is 2.43. The van der Waals surface area contributed by atoms with Crippen molar-refractivity contribution in [1.82, 2.24) is 14.9 Å². The van der Waals surface area contributed by atoms with Crippen LogP contribution in [0.5, 0.6) is 0 Å². The lowest BCUT2D eigenvalue weighted by molar-refractivity contribution is -0.141. The van der Waals surface area contributed by atoms with Gasteiger partial charge >= 0.3 is 5.97 Å². The van der Waals surface area contributed by atoms with Crippen molar-refractivity contribution in [2.75, 3.05) is 13.1 Å². The van der Waals surface area contributed by atoms with Gasteiger partial charge in [0.1, 0.15) is 11.5 Å². The second-order valence-electron chi connectivity index (χ2n) is 5.15. The first kappa shape index (κ1) is 12.1. The van der Waals surface area contributed by atoms with Crippen LogP contribution in [0.4, 0.5) is 0 Å². The van der Waals surface area contributed by atoms with Gasteiger partial charge in [0, 0.05) is 25.2 Å². The lowest BCUT2D eigenvalue weighted by Gasteiger charge is -2.15. The maximum atomic E-state index is 12.3. The largest absolute Gasteiger partial charge is 0.481 e. The number of carbonyl (C=O) groups is 2. The lowest BCUT2D eigenvalue weighted by Crippen LogP contribution is -2.30. The first-order valence-electron chi connectivity index (χ1n) is 6.50.